The van der Waals surface area contributed by atoms with Crippen LogP contribution in [0.2, 0.25) is 0 Å². The van der Waals surface area contributed by atoms with Crippen LogP contribution in [0.25, 0.3) is 0 Å². The molecule has 0 saturated heterocycles. The molecule has 2 rings (SSSR count). The Bertz CT molecular complexity index is 578. The van der Waals surface area contributed by atoms with E-state index in [1.165, 1.54) is 0 Å². The first-order valence-electron chi connectivity index (χ1n) is 6.60. The molecule has 106 valence electrons. The molecule has 0 aromatic heterocycles. The number of hydrogen-bond acceptors (Lipinski definition) is 3. The van der Waals surface area contributed by atoms with Crippen LogP contribution in [0.4, 0.5) is 0 Å². The largest absolute Gasteiger partial charge is 0.496 e. The van der Waals surface area contributed by atoms with Gasteiger partial charge in [-0.1, -0.05) is 35.9 Å². The van der Waals surface area contributed by atoms with Crippen molar-refractivity contribution < 1.29 is 14.6 Å². The van der Waals surface area contributed by atoms with Crippen LogP contribution < -0.4 is 9.47 Å². The van der Waals surface area contributed by atoms with Crippen LogP contribution in [-0.4, -0.2) is 19.3 Å². The Morgan fingerprint density at radius 1 is 1.00 bits per heavy atom. The Morgan fingerprint density at radius 3 is 2.40 bits per heavy atom. The predicted octanol–water partition coefficient (Wildman–Crippen LogP) is 3.29. The van der Waals surface area contributed by atoms with Gasteiger partial charge in [-0.3, -0.25) is 0 Å². The average molecular weight is 272 g/mol. The Balaban J connectivity index is 2.27. The quantitative estimate of drug-likeness (QED) is 0.907. The number of methoxy groups -OCH3 is 2. The number of hydrogen-bond donors (Lipinski definition) is 1. The summed E-state index contributed by atoms with van der Waals surface area (Å²) in [6.07, 6.45) is -0.132. The summed E-state index contributed by atoms with van der Waals surface area (Å²) >= 11 is 0. The molecule has 0 saturated carbocycles. The molecule has 1 unspecified atom stereocenters. The zero-order valence-corrected chi connectivity index (χ0v) is 12.1. The minimum Gasteiger partial charge on any atom is -0.496 e. The lowest BCUT2D eigenvalue weighted by Gasteiger charge is -2.16. The fraction of sp³-hybridized carbons (Fsp3) is 0.294. The molecule has 0 aliphatic rings. The number of ether oxygens (including phenoxy) is 2. The maximum absolute atomic E-state index is 10.5. The zero-order valence-electron chi connectivity index (χ0n) is 12.1. The number of benzene rings is 2. The lowest BCUT2D eigenvalue weighted by molar-refractivity contribution is 0.173. The van der Waals surface area contributed by atoms with Crippen LogP contribution in [-0.2, 0) is 6.42 Å². The lowest BCUT2D eigenvalue weighted by Crippen LogP contribution is -2.05. The Kier molecular flexibility index (Phi) is 4.64. The third-order valence-electron chi connectivity index (χ3n) is 3.35. The first kappa shape index (κ1) is 14.4. The fourth-order valence-electron chi connectivity index (χ4n) is 2.33. The number of para-hydroxylation sites is 1. The Labute approximate surface area is 119 Å². The number of aliphatic hydroxyl groups is 1. The van der Waals surface area contributed by atoms with E-state index in [0.29, 0.717) is 12.2 Å². The topological polar surface area (TPSA) is 38.7 Å². The highest BCUT2D eigenvalue weighted by Crippen LogP contribution is 2.30. The van der Waals surface area contributed by atoms with Crippen molar-refractivity contribution in [2.45, 2.75) is 19.4 Å². The maximum atomic E-state index is 10.5. The maximum Gasteiger partial charge on any atom is 0.124 e. The second kappa shape index (κ2) is 6.44. The molecule has 3 heteroatoms. The molecule has 2 aromatic rings. The Morgan fingerprint density at radius 2 is 1.70 bits per heavy atom. The molecular weight excluding hydrogens is 252 g/mol. The standard InChI is InChI=1S/C17H20O3/c1-12-8-9-16(19-2)13(10-12)11-15(18)14-6-4-5-7-17(14)20-3/h4-10,15,18H,11H2,1-3H3. The van der Waals surface area contributed by atoms with Gasteiger partial charge >= 0.3 is 0 Å². The molecule has 0 amide bonds. The average Bonchev–Trinajstić information content (AvgIpc) is 2.47. The van der Waals surface area contributed by atoms with Crippen molar-refractivity contribution in [1.82, 2.24) is 0 Å². The van der Waals surface area contributed by atoms with Crippen molar-refractivity contribution in [3.63, 3.8) is 0 Å². The second-order valence-electron chi connectivity index (χ2n) is 4.78. The molecule has 0 spiro atoms. The van der Waals surface area contributed by atoms with E-state index in [4.69, 9.17) is 9.47 Å². The summed E-state index contributed by atoms with van der Waals surface area (Å²) in [6.45, 7) is 2.03. The molecular formula is C17H20O3. The van der Waals surface area contributed by atoms with E-state index < -0.39 is 6.10 Å². The van der Waals surface area contributed by atoms with Crippen molar-refractivity contribution in [1.29, 1.82) is 0 Å². The normalized spacial score (nSPS) is 12.0. The molecule has 0 heterocycles. The molecule has 1 atom stereocenters. The zero-order chi connectivity index (χ0) is 14.5. The van der Waals surface area contributed by atoms with E-state index in [-0.39, 0.29) is 0 Å². The highest BCUT2D eigenvalue weighted by atomic mass is 16.5. The Hall–Kier alpha value is -2.00. The summed E-state index contributed by atoms with van der Waals surface area (Å²) in [5, 5.41) is 10.5. The molecule has 3 nitrogen and oxygen atoms in total. The fourth-order valence-corrected chi connectivity index (χ4v) is 2.33. The summed E-state index contributed by atoms with van der Waals surface area (Å²) in [5.74, 6) is 1.50. The highest BCUT2D eigenvalue weighted by molar-refractivity contribution is 5.40. The number of aryl methyl sites for hydroxylation is 1. The lowest BCUT2D eigenvalue weighted by atomic mass is 9.99. The predicted molar refractivity (Wildman–Crippen MR) is 79.4 cm³/mol. The van der Waals surface area contributed by atoms with Gasteiger partial charge in [0.1, 0.15) is 11.5 Å². The number of aliphatic hydroxyl groups excluding tert-OH is 1. The summed E-state index contributed by atoms with van der Waals surface area (Å²) in [7, 11) is 3.25. The van der Waals surface area contributed by atoms with Gasteiger partial charge in [-0.05, 0) is 24.6 Å². The smallest absolute Gasteiger partial charge is 0.124 e. The monoisotopic (exact) mass is 272 g/mol. The minimum absolute atomic E-state index is 0.491. The van der Waals surface area contributed by atoms with Gasteiger partial charge in [0.05, 0.1) is 20.3 Å². The molecule has 1 N–H and O–H groups in total. The van der Waals surface area contributed by atoms with Gasteiger partial charge in [0.15, 0.2) is 0 Å². The van der Waals surface area contributed by atoms with Gasteiger partial charge in [0, 0.05) is 12.0 Å². The third kappa shape index (κ3) is 3.11. The van der Waals surface area contributed by atoms with Crippen LogP contribution in [0.15, 0.2) is 42.5 Å². The van der Waals surface area contributed by atoms with Crippen LogP contribution in [0.1, 0.15) is 22.8 Å². The molecule has 0 bridgehead atoms. The van der Waals surface area contributed by atoms with Gasteiger partial charge in [-0.2, -0.15) is 0 Å². The van der Waals surface area contributed by atoms with Crippen molar-refractivity contribution >= 4 is 0 Å². The highest BCUT2D eigenvalue weighted by Gasteiger charge is 2.15. The van der Waals surface area contributed by atoms with Crippen molar-refractivity contribution in [3.05, 3.63) is 59.2 Å². The summed E-state index contributed by atoms with van der Waals surface area (Å²) in [6, 6.07) is 13.5. The molecule has 0 fully saturated rings. The van der Waals surface area contributed by atoms with E-state index in [9.17, 15) is 5.11 Å². The second-order valence-corrected chi connectivity index (χ2v) is 4.78. The van der Waals surface area contributed by atoms with E-state index in [1.54, 1.807) is 14.2 Å². The van der Waals surface area contributed by atoms with Crippen LogP contribution in [0, 0.1) is 6.92 Å². The van der Waals surface area contributed by atoms with Crippen molar-refractivity contribution in [2.75, 3.05) is 14.2 Å². The van der Waals surface area contributed by atoms with Gasteiger partial charge in [-0.15, -0.1) is 0 Å². The molecule has 0 aliphatic heterocycles. The number of rotatable bonds is 5. The van der Waals surface area contributed by atoms with E-state index >= 15 is 0 Å². The SMILES string of the molecule is COc1ccc(C)cc1CC(O)c1ccccc1OC. The third-order valence-corrected chi connectivity index (χ3v) is 3.35. The summed E-state index contributed by atoms with van der Waals surface area (Å²) in [4.78, 5) is 0. The van der Waals surface area contributed by atoms with Gasteiger partial charge < -0.3 is 14.6 Å². The first-order chi connectivity index (χ1) is 9.65. The minimum atomic E-state index is -0.623. The van der Waals surface area contributed by atoms with Crippen molar-refractivity contribution in [3.8, 4) is 11.5 Å². The molecule has 0 aliphatic carbocycles. The van der Waals surface area contributed by atoms with Crippen LogP contribution in [0.3, 0.4) is 0 Å². The van der Waals surface area contributed by atoms with Gasteiger partial charge in [0.2, 0.25) is 0 Å². The van der Waals surface area contributed by atoms with Crippen LogP contribution >= 0.6 is 0 Å². The molecule has 0 radical (unpaired) electrons. The van der Waals surface area contributed by atoms with E-state index in [2.05, 4.69) is 0 Å². The van der Waals surface area contributed by atoms with Crippen molar-refractivity contribution in [2.24, 2.45) is 0 Å². The van der Waals surface area contributed by atoms with Gasteiger partial charge in [-0.25, -0.2) is 0 Å². The van der Waals surface area contributed by atoms with Crippen LogP contribution in [0.5, 0.6) is 11.5 Å². The van der Waals surface area contributed by atoms with E-state index in [1.807, 2.05) is 49.4 Å². The van der Waals surface area contributed by atoms with Gasteiger partial charge in [0.25, 0.3) is 0 Å². The molecule has 2 aromatic carbocycles. The molecule has 20 heavy (non-hydrogen) atoms. The first-order valence-corrected chi connectivity index (χ1v) is 6.60. The van der Waals surface area contributed by atoms with E-state index in [0.717, 1.165) is 22.4 Å². The summed E-state index contributed by atoms with van der Waals surface area (Å²) < 4.78 is 10.6. The summed E-state index contributed by atoms with van der Waals surface area (Å²) in [5.41, 5.74) is 2.93.